The fourth-order valence-corrected chi connectivity index (χ4v) is 3.01. The lowest BCUT2D eigenvalue weighted by molar-refractivity contribution is -0.112. The monoisotopic (exact) mass is 385 g/mol. The van der Waals surface area contributed by atoms with Crippen LogP contribution < -0.4 is 14.8 Å². The van der Waals surface area contributed by atoms with Crippen molar-refractivity contribution in [3.63, 3.8) is 0 Å². The van der Waals surface area contributed by atoms with E-state index in [1.54, 1.807) is 48.5 Å². The maximum atomic E-state index is 13.0. The minimum atomic E-state index is -0.487. The van der Waals surface area contributed by atoms with Gasteiger partial charge in [0.25, 0.3) is 5.91 Å². The first-order valence-electron chi connectivity index (χ1n) is 9.28. The number of ketones is 1. The van der Waals surface area contributed by atoms with Crippen LogP contribution in [0.1, 0.15) is 15.9 Å². The van der Waals surface area contributed by atoms with Crippen molar-refractivity contribution >= 4 is 23.5 Å². The van der Waals surface area contributed by atoms with Crippen LogP contribution in [0.2, 0.25) is 0 Å². The molecule has 5 heteroatoms. The predicted octanol–water partition coefficient (Wildman–Crippen LogP) is 4.36. The van der Waals surface area contributed by atoms with Crippen LogP contribution in [0.4, 0.5) is 5.69 Å². The molecular formula is C24H19NO4. The highest BCUT2D eigenvalue weighted by molar-refractivity contribution is 6.31. The average molecular weight is 385 g/mol. The van der Waals surface area contributed by atoms with E-state index in [1.165, 1.54) is 0 Å². The first kappa shape index (κ1) is 18.5. The smallest absolute Gasteiger partial charge is 0.259 e. The second-order valence-electron chi connectivity index (χ2n) is 6.48. The zero-order chi connectivity index (χ0) is 20.1. The topological polar surface area (TPSA) is 64.6 Å². The Balaban J connectivity index is 1.64. The van der Waals surface area contributed by atoms with Gasteiger partial charge in [-0.25, -0.2) is 0 Å². The van der Waals surface area contributed by atoms with Crippen LogP contribution >= 0.6 is 0 Å². The number of Topliss-reactive ketones (excluding diaryl/α,β-unsaturated/α-hetero) is 1. The molecule has 1 aliphatic rings. The molecule has 4 rings (SSSR count). The second kappa shape index (κ2) is 8.44. The Bertz CT molecular complexity index is 1060. The number of amides is 1. The van der Waals surface area contributed by atoms with Gasteiger partial charge in [0.1, 0.15) is 13.2 Å². The summed E-state index contributed by atoms with van der Waals surface area (Å²) in [6, 6.07) is 23.2. The molecule has 0 saturated heterocycles. The molecule has 0 bridgehead atoms. The van der Waals surface area contributed by atoms with Crippen molar-refractivity contribution in [3.05, 3.63) is 95.6 Å². The SMILES string of the molecule is O=C(Nc1ccc2c(c1)OCCO2)/C(=C/c1ccccc1)C(=O)c1ccccc1. The molecule has 0 atom stereocenters. The normalized spacial score (nSPS) is 12.9. The number of nitrogens with one attached hydrogen (secondary N) is 1. The molecule has 0 fully saturated rings. The van der Waals surface area contributed by atoms with Gasteiger partial charge in [-0.3, -0.25) is 9.59 Å². The molecule has 0 aromatic heterocycles. The van der Waals surface area contributed by atoms with Crippen LogP contribution in [0.5, 0.6) is 11.5 Å². The molecule has 1 amide bonds. The molecular weight excluding hydrogens is 366 g/mol. The van der Waals surface area contributed by atoms with E-state index < -0.39 is 5.91 Å². The zero-order valence-electron chi connectivity index (χ0n) is 15.6. The summed E-state index contributed by atoms with van der Waals surface area (Å²) >= 11 is 0. The third-order valence-electron chi connectivity index (χ3n) is 4.44. The molecule has 29 heavy (non-hydrogen) atoms. The van der Waals surface area contributed by atoms with Crippen molar-refractivity contribution in [3.8, 4) is 11.5 Å². The maximum absolute atomic E-state index is 13.0. The van der Waals surface area contributed by atoms with Crippen LogP contribution in [-0.2, 0) is 4.79 Å². The number of rotatable bonds is 5. The van der Waals surface area contributed by atoms with Crippen LogP contribution in [0.3, 0.4) is 0 Å². The summed E-state index contributed by atoms with van der Waals surface area (Å²) in [5, 5.41) is 2.80. The van der Waals surface area contributed by atoms with E-state index in [0.717, 1.165) is 5.56 Å². The van der Waals surface area contributed by atoms with Crippen molar-refractivity contribution in [1.82, 2.24) is 0 Å². The van der Waals surface area contributed by atoms with Crippen molar-refractivity contribution < 1.29 is 19.1 Å². The number of hydrogen-bond acceptors (Lipinski definition) is 4. The van der Waals surface area contributed by atoms with Gasteiger partial charge in [0.05, 0.1) is 5.57 Å². The molecule has 3 aromatic rings. The van der Waals surface area contributed by atoms with Gasteiger partial charge < -0.3 is 14.8 Å². The second-order valence-corrected chi connectivity index (χ2v) is 6.48. The fraction of sp³-hybridized carbons (Fsp3) is 0.0833. The Kier molecular flexibility index (Phi) is 5.38. The standard InChI is InChI=1S/C24H19NO4/c26-23(18-9-5-2-6-10-18)20(15-17-7-3-1-4-8-17)24(27)25-19-11-12-21-22(16-19)29-14-13-28-21/h1-12,15-16H,13-14H2,(H,25,27)/b20-15+. The number of ether oxygens (including phenoxy) is 2. The molecule has 3 aromatic carbocycles. The van der Waals surface area contributed by atoms with E-state index in [0.29, 0.717) is 36.0 Å². The third kappa shape index (κ3) is 4.35. The van der Waals surface area contributed by atoms with Crippen LogP contribution in [0.25, 0.3) is 6.08 Å². The van der Waals surface area contributed by atoms with E-state index in [9.17, 15) is 9.59 Å². The van der Waals surface area contributed by atoms with Crippen molar-refractivity contribution in [2.75, 3.05) is 18.5 Å². The number of carbonyl (C=O) groups is 2. The first-order valence-corrected chi connectivity index (χ1v) is 9.28. The molecule has 0 unspecified atom stereocenters. The molecule has 1 aliphatic heterocycles. The lowest BCUT2D eigenvalue weighted by Crippen LogP contribution is -2.21. The van der Waals surface area contributed by atoms with E-state index in [2.05, 4.69) is 5.32 Å². The minimum absolute atomic E-state index is 0.0530. The van der Waals surface area contributed by atoms with Gasteiger partial charge in [-0.1, -0.05) is 60.7 Å². The van der Waals surface area contributed by atoms with Gasteiger partial charge in [-0.15, -0.1) is 0 Å². The Morgan fingerprint density at radius 1 is 0.793 bits per heavy atom. The highest BCUT2D eigenvalue weighted by Gasteiger charge is 2.21. The van der Waals surface area contributed by atoms with Crippen molar-refractivity contribution in [2.24, 2.45) is 0 Å². The van der Waals surface area contributed by atoms with Crippen molar-refractivity contribution in [1.29, 1.82) is 0 Å². The van der Waals surface area contributed by atoms with E-state index in [1.807, 2.05) is 36.4 Å². The number of benzene rings is 3. The van der Waals surface area contributed by atoms with Gasteiger partial charge >= 0.3 is 0 Å². The van der Waals surface area contributed by atoms with E-state index in [-0.39, 0.29) is 11.4 Å². The highest BCUT2D eigenvalue weighted by atomic mass is 16.6. The molecule has 1 N–H and O–H groups in total. The lowest BCUT2D eigenvalue weighted by Gasteiger charge is -2.19. The lowest BCUT2D eigenvalue weighted by atomic mass is 10.00. The highest BCUT2D eigenvalue weighted by Crippen LogP contribution is 2.32. The summed E-state index contributed by atoms with van der Waals surface area (Å²) in [5.74, 6) is 0.371. The van der Waals surface area contributed by atoms with Crippen LogP contribution in [0.15, 0.2) is 84.4 Å². The molecule has 0 saturated carbocycles. The van der Waals surface area contributed by atoms with E-state index >= 15 is 0 Å². The fourth-order valence-electron chi connectivity index (χ4n) is 3.01. The first-order chi connectivity index (χ1) is 14.2. The molecule has 5 nitrogen and oxygen atoms in total. The quantitative estimate of drug-likeness (QED) is 0.307. The van der Waals surface area contributed by atoms with Crippen LogP contribution in [-0.4, -0.2) is 24.9 Å². The van der Waals surface area contributed by atoms with E-state index in [4.69, 9.17) is 9.47 Å². The van der Waals surface area contributed by atoms with Gasteiger partial charge in [-0.2, -0.15) is 0 Å². The molecule has 1 heterocycles. The average Bonchev–Trinajstić information content (AvgIpc) is 2.78. The van der Waals surface area contributed by atoms with Crippen molar-refractivity contribution in [2.45, 2.75) is 0 Å². The molecule has 0 radical (unpaired) electrons. The largest absolute Gasteiger partial charge is 0.486 e. The predicted molar refractivity (Wildman–Crippen MR) is 111 cm³/mol. The Morgan fingerprint density at radius 2 is 1.45 bits per heavy atom. The van der Waals surface area contributed by atoms with Gasteiger partial charge in [0, 0.05) is 17.3 Å². The Labute approximate surface area is 168 Å². The Morgan fingerprint density at radius 3 is 2.17 bits per heavy atom. The minimum Gasteiger partial charge on any atom is -0.486 e. The summed E-state index contributed by atoms with van der Waals surface area (Å²) in [4.78, 5) is 26.1. The van der Waals surface area contributed by atoms with Gasteiger partial charge in [0.2, 0.25) is 0 Å². The molecule has 0 aliphatic carbocycles. The summed E-state index contributed by atoms with van der Waals surface area (Å²) in [6.07, 6.45) is 1.60. The summed E-state index contributed by atoms with van der Waals surface area (Å²) < 4.78 is 11.1. The summed E-state index contributed by atoms with van der Waals surface area (Å²) in [5.41, 5.74) is 1.80. The number of carbonyl (C=O) groups excluding carboxylic acids is 2. The summed E-state index contributed by atoms with van der Waals surface area (Å²) in [6.45, 7) is 0.949. The Hall–Kier alpha value is -3.86. The number of fused-ring (bicyclic) bond motifs is 1. The van der Waals surface area contributed by atoms with Crippen LogP contribution in [0, 0.1) is 0 Å². The molecule has 144 valence electrons. The maximum Gasteiger partial charge on any atom is 0.259 e. The zero-order valence-corrected chi connectivity index (χ0v) is 15.6. The summed E-state index contributed by atoms with van der Waals surface area (Å²) in [7, 11) is 0. The van der Waals surface area contributed by atoms with Gasteiger partial charge in [-0.05, 0) is 23.8 Å². The number of hydrogen-bond donors (Lipinski definition) is 1. The molecule has 0 spiro atoms. The third-order valence-corrected chi connectivity index (χ3v) is 4.44. The van der Waals surface area contributed by atoms with Gasteiger partial charge in [0.15, 0.2) is 17.3 Å². The number of anilines is 1.